The summed E-state index contributed by atoms with van der Waals surface area (Å²) in [6.07, 6.45) is 7.50. The summed E-state index contributed by atoms with van der Waals surface area (Å²) in [7, 11) is 0. The molecule has 3 rings (SSSR count). The SMILES string of the molecule is OCC(COCC1CCCO1)(NC1CC1)C1CC1. The van der Waals surface area contributed by atoms with Gasteiger partial charge in [0.25, 0.3) is 0 Å². The Morgan fingerprint density at radius 1 is 1.22 bits per heavy atom. The van der Waals surface area contributed by atoms with E-state index in [2.05, 4.69) is 5.32 Å². The molecule has 2 N–H and O–H groups in total. The van der Waals surface area contributed by atoms with Crippen LogP contribution in [0, 0.1) is 5.92 Å². The third-order valence-corrected chi connectivity index (χ3v) is 4.40. The second-order valence-corrected chi connectivity index (χ2v) is 6.16. The van der Waals surface area contributed by atoms with Crippen LogP contribution >= 0.6 is 0 Å². The Kier molecular flexibility index (Phi) is 3.89. The van der Waals surface area contributed by atoms with Gasteiger partial charge in [0.2, 0.25) is 0 Å². The molecule has 1 heterocycles. The molecule has 3 fully saturated rings. The fraction of sp³-hybridized carbons (Fsp3) is 1.00. The molecule has 3 aliphatic rings. The molecule has 2 aliphatic carbocycles. The molecule has 0 aromatic rings. The van der Waals surface area contributed by atoms with Crippen LogP contribution in [-0.4, -0.2) is 49.2 Å². The lowest BCUT2D eigenvalue weighted by atomic mass is 9.95. The Balaban J connectivity index is 1.48. The number of nitrogens with one attached hydrogen (secondary N) is 1. The minimum Gasteiger partial charge on any atom is -0.394 e. The molecule has 18 heavy (non-hydrogen) atoms. The summed E-state index contributed by atoms with van der Waals surface area (Å²) in [4.78, 5) is 0. The highest BCUT2D eigenvalue weighted by atomic mass is 16.5. The highest BCUT2D eigenvalue weighted by Crippen LogP contribution is 2.41. The smallest absolute Gasteiger partial charge is 0.0809 e. The number of hydrogen-bond donors (Lipinski definition) is 2. The molecule has 1 saturated heterocycles. The fourth-order valence-corrected chi connectivity index (χ4v) is 2.92. The molecule has 2 unspecified atom stereocenters. The Morgan fingerprint density at radius 3 is 2.61 bits per heavy atom. The molecule has 4 nitrogen and oxygen atoms in total. The van der Waals surface area contributed by atoms with Gasteiger partial charge in [-0.3, -0.25) is 0 Å². The van der Waals surface area contributed by atoms with Crippen LogP contribution in [0.3, 0.4) is 0 Å². The maximum absolute atomic E-state index is 9.78. The van der Waals surface area contributed by atoms with Gasteiger partial charge in [-0.05, 0) is 44.4 Å². The van der Waals surface area contributed by atoms with Crippen LogP contribution in [0.25, 0.3) is 0 Å². The largest absolute Gasteiger partial charge is 0.394 e. The summed E-state index contributed by atoms with van der Waals surface area (Å²) in [6.45, 7) is 2.38. The second-order valence-electron chi connectivity index (χ2n) is 6.16. The number of rotatable bonds is 8. The van der Waals surface area contributed by atoms with Crippen molar-refractivity contribution >= 4 is 0 Å². The predicted octanol–water partition coefficient (Wildman–Crippen LogP) is 1.08. The number of aliphatic hydroxyl groups excluding tert-OH is 1. The van der Waals surface area contributed by atoms with Crippen molar-refractivity contribution in [1.29, 1.82) is 0 Å². The molecule has 4 heteroatoms. The number of ether oxygens (including phenoxy) is 2. The standard InChI is InChI=1S/C14H25NO3/c16-9-14(11-3-4-11,15-12-5-6-12)10-17-8-13-2-1-7-18-13/h11-13,15-16H,1-10H2. The van der Waals surface area contributed by atoms with Crippen molar-refractivity contribution in [2.45, 2.75) is 56.2 Å². The molecule has 2 atom stereocenters. The Morgan fingerprint density at radius 2 is 2.06 bits per heavy atom. The minimum atomic E-state index is -0.181. The predicted molar refractivity (Wildman–Crippen MR) is 68.5 cm³/mol. The van der Waals surface area contributed by atoms with E-state index in [0.29, 0.717) is 25.2 Å². The second kappa shape index (κ2) is 5.45. The summed E-state index contributed by atoms with van der Waals surface area (Å²) in [5.74, 6) is 0.604. The molecule has 0 aromatic carbocycles. The van der Waals surface area contributed by atoms with Gasteiger partial charge in [-0.15, -0.1) is 0 Å². The van der Waals surface area contributed by atoms with Gasteiger partial charge >= 0.3 is 0 Å². The van der Waals surface area contributed by atoms with Crippen molar-refractivity contribution in [3.05, 3.63) is 0 Å². The fourth-order valence-electron chi connectivity index (χ4n) is 2.92. The van der Waals surface area contributed by atoms with Crippen LogP contribution in [0.1, 0.15) is 38.5 Å². The Hall–Kier alpha value is -0.160. The number of hydrogen-bond acceptors (Lipinski definition) is 4. The molecular weight excluding hydrogens is 230 g/mol. The molecular formula is C14H25NO3. The summed E-state index contributed by atoms with van der Waals surface area (Å²) < 4.78 is 11.4. The first kappa shape index (κ1) is 12.9. The van der Waals surface area contributed by atoms with Gasteiger partial charge in [-0.1, -0.05) is 0 Å². The Bertz CT molecular complexity index is 272. The summed E-state index contributed by atoms with van der Waals surface area (Å²) >= 11 is 0. The van der Waals surface area contributed by atoms with Crippen molar-refractivity contribution < 1.29 is 14.6 Å². The van der Waals surface area contributed by atoms with Crippen molar-refractivity contribution in [3.63, 3.8) is 0 Å². The van der Waals surface area contributed by atoms with Crippen LogP contribution in [0.5, 0.6) is 0 Å². The van der Waals surface area contributed by atoms with E-state index in [0.717, 1.165) is 19.4 Å². The lowest BCUT2D eigenvalue weighted by Crippen LogP contribution is -2.55. The van der Waals surface area contributed by atoms with Crippen LogP contribution < -0.4 is 5.32 Å². The highest BCUT2D eigenvalue weighted by molar-refractivity contribution is 5.04. The summed E-state index contributed by atoms with van der Waals surface area (Å²) in [6, 6.07) is 0.615. The van der Waals surface area contributed by atoms with Gasteiger partial charge < -0.3 is 19.9 Å². The summed E-state index contributed by atoms with van der Waals surface area (Å²) in [5.41, 5.74) is -0.181. The van der Waals surface area contributed by atoms with E-state index in [1.807, 2.05) is 0 Å². The van der Waals surface area contributed by atoms with Gasteiger partial charge in [-0.2, -0.15) is 0 Å². The minimum absolute atomic E-state index is 0.181. The average Bonchev–Trinajstić information content (AvgIpc) is 3.29. The first-order valence-corrected chi connectivity index (χ1v) is 7.40. The number of aliphatic hydroxyl groups is 1. The van der Waals surface area contributed by atoms with Crippen molar-refractivity contribution in [2.75, 3.05) is 26.4 Å². The van der Waals surface area contributed by atoms with Crippen LogP contribution in [-0.2, 0) is 9.47 Å². The van der Waals surface area contributed by atoms with E-state index < -0.39 is 0 Å². The van der Waals surface area contributed by atoms with E-state index in [9.17, 15) is 5.11 Å². The van der Waals surface area contributed by atoms with E-state index in [4.69, 9.17) is 9.47 Å². The zero-order valence-corrected chi connectivity index (χ0v) is 11.1. The molecule has 1 aliphatic heterocycles. The normalized spacial score (nSPS) is 31.5. The van der Waals surface area contributed by atoms with E-state index in [-0.39, 0.29) is 18.2 Å². The molecule has 104 valence electrons. The lowest BCUT2D eigenvalue weighted by molar-refractivity contribution is -0.0240. The molecule has 0 amide bonds. The molecule has 0 spiro atoms. The van der Waals surface area contributed by atoms with Gasteiger partial charge in [0.1, 0.15) is 0 Å². The van der Waals surface area contributed by atoms with E-state index >= 15 is 0 Å². The monoisotopic (exact) mass is 255 g/mol. The lowest BCUT2D eigenvalue weighted by Gasteiger charge is -2.33. The van der Waals surface area contributed by atoms with Crippen LogP contribution in [0.4, 0.5) is 0 Å². The van der Waals surface area contributed by atoms with E-state index in [1.165, 1.54) is 25.7 Å². The topological polar surface area (TPSA) is 50.7 Å². The first-order chi connectivity index (χ1) is 8.82. The van der Waals surface area contributed by atoms with Crippen molar-refractivity contribution in [2.24, 2.45) is 5.92 Å². The van der Waals surface area contributed by atoms with Crippen LogP contribution in [0.2, 0.25) is 0 Å². The quantitative estimate of drug-likeness (QED) is 0.681. The first-order valence-electron chi connectivity index (χ1n) is 7.40. The zero-order valence-electron chi connectivity index (χ0n) is 11.1. The van der Waals surface area contributed by atoms with Crippen molar-refractivity contribution in [1.82, 2.24) is 5.32 Å². The maximum Gasteiger partial charge on any atom is 0.0809 e. The van der Waals surface area contributed by atoms with Crippen LogP contribution in [0.15, 0.2) is 0 Å². The average molecular weight is 255 g/mol. The van der Waals surface area contributed by atoms with Gasteiger partial charge in [0.15, 0.2) is 0 Å². The maximum atomic E-state index is 9.78. The molecule has 2 saturated carbocycles. The Labute approximate surface area is 109 Å². The third-order valence-electron chi connectivity index (χ3n) is 4.40. The zero-order chi connectivity index (χ0) is 12.4. The molecule has 0 aromatic heterocycles. The summed E-state index contributed by atoms with van der Waals surface area (Å²) in [5, 5.41) is 13.4. The third kappa shape index (κ3) is 3.05. The van der Waals surface area contributed by atoms with Gasteiger partial charge in [-0.25, -0.2) is 0 Å². The van der Waals surface area contributed by atoms with Gasteiger partial charge in [0, 0.05) is 12.6 Å². The molecule has 0 bridgehead atoms. The van der Waals surface area contributed by atoms with Crippen molar-refractivity contribution in [3.8, 4) is 0 Å². The van der Waals surface area contributed by atoms with Gasteiger partial charge in [0.05, 0.1) is 31.5 Å². The molecule has 0 radical (unpaired) electrons. The van der Waals surface area contributed by atoms with E-state index in [1.54, 1.807) is 0 Å². The highest BCUT2D eigenvalue weighted by Gasteiger charge is 2.47.